The molecule has 0 radical (unpaired) electrons. The standard InChI is InChI=1S/C18H11N3O2/c19-21-20-16-6-4-10-8-14(12-2-1-3-13(16)18(10)12)15-9-11(22)5-7-17(15)23/h1-7,9,14H,8H2. The first-order valence-corrected chi connectivity index (χ1v) is 7.26. The lowest BCUT2D eigenvalue weighted by molar-refractivity contribution is -0.114. The molecule has 0 spiro atoms. The van der Waals surface area contributed by atoms with Crippen LogP contribution in [0.3, 0.4) is 0 Å². The Balaban J connectivity index is 1.93. The molecule has 0 heterocycles. The third-order valence-corrected chi connectivity index (χ3v) is 4.44. The normalized spacial score (nSPS) is 19.0. The third kappa shape index (κ3) is 1.99. The fourth-order valence-corrected chi connectivity index (χ4v) is 3.50. The summed E-state index contributed by atoms with van der Waals surface area (Å²) in [7, 11) is 0. The molecule has 110 valence electrons. The molecule has 2 aliphatic carbocycles. The molecule has 2 aromatic rings. The van der Waals surface area contributed by atoms with Gasteiger partial charge in [0, 0.05) is 22.1 Å². The second-order valence-electron chi connectivity index (χ2n) is 5.66. The van der Waals surface area contributed by atoms with Gasteiger partial charge in [-0.3, -0.25) is 9.59 Å². The fourth-order valence-electron chi connectivity index (χ4n) is 3.50. The van der Waals surface area contributed by atoms with Crippen molar-refractivity contribution in [3.8, 4) is 0 Å². The molecule has 2 aromatic carbocycles. The van der Waals surface area contributed by atoms with Gasteiger partial charge in [0.2, 0.25) is 0 Å². The van der Waals surface area contributed by atoms with E-state index < -0.39 is 0 Å². The fraction of sp³-hybridized carbons (Fsp3) is 0.111. The van der Waals surface area contributed by atoms with Crippen LogP contribution in [0.5, 0.6) is 0 Å². The van der Waals surface area contributed by atoms with E-state index in [1.54, 1.807) is 6.07 Å². The van der Waals surface area contributed by atoms with Crippen LogP contribution in [0.25, 0.3) is 21.2 Å². The lowest BCUT2D eigenvalue weighted by atomic mass is 9.86. The highest BCUT2D eigenvalue weighted by atomic mass is 16.1. The summed E-state index contributed by atoms with van der Waals surface area (Å²) in [5.41, 5.74) is 11.9. The summed E-state index contributed by atoms with van der Waals surface area (Å²) in [4.78, 5) is 26.7. The zero-order valence-electron chi connectivity index (χ0n) is 12.1. The first kappa shape index (κ1) is 13.5. The molecular formula is C18H11N3O2. The number of azide groups is 1. The van der Waals surface area contributed by atoms with E-state index in [1.807, 2.05) is 24.3 Å². The van der Waals surface area contributed by atoms with Crippen molar-refractivity contribution >= 4 is 28.0 Å². The number of allylic oxidation sites excluding steroid dienone is 4. The highest BCUT2D eigenvalue weighted by Gasteiger charge is 2.31. The minimum Gasteiger partial charge on any atom is -0.290 e. The third-order valence-electron chi connectivity index (χ3n) is 4.44. The van der Waals surface area contributed by atoms with E-state index >= 15 is 0 Å². The van der Waals surface area contributed by atoms with Crippen LogP contribution >= 0.6 is 0 Å². The monoisotopic (exact) mass is 301 g/mol. The predicted molar refractivity (Wildman–Crippen MR) is 86.4 cm³/mol. The van der Waals surface area contributed by atoms with Gasteiger partial charge in [0.15, 0.2) is 11.6 Å². The Labute approximate surface area is 131 Å². The number of benzene rings is 2. The molecule has 1 atom stereocenters. The molecule has 0 fully saturated rings. The van der Waals surface area contributed by atoms with Gasteiger partial charge in [0.25, 0.3) is 0 Å². The van der Waals surface area contributed by atoms with Gasteiger partial charge in [-0.2, -0.15) is 0 Å². The molecule has 5 nitrogen and oxygen atoms in total. The molecule has 0 aromatic heterocycles. The highest BCUT2D eigenvalue weighted by Crippen LogP contribution is 2.45. The summed E-state index contributed by atoms with van der Waals surface area (Å²) in [6.45, 7) is 0. The Kier molecular flexibility index (Phi) is 2.89. The van der Waals surface area contributed by atoms with Crippen LogP contribution in [0.2, 0.25) is 0 Å². The topological polar surface area (TPSA) is 82.9 Å². The summed E-state index contributed by atoms with van der Waals surface area (Å²) >= 11 is 0. The van der Waals surface area contributed by atoms with Gasteiger partial charge < -0.3 is 0 Å². The van der Waals surface area contributed by atoms with Crippen LogP contribution in [0, 0.1) is 0 Å². The summed E-state index contributed by atoms with van der Waals surface area (Å²) in [5.74, 6) is -0.399. The Morgan fingerprint density at radius 2 is 2.00 bits per heavy atom. The van der Waals surface area contributed by atoms with Crippen LogP contribution in [-0.4, -0.2) is 11.6 Å². The zero-order valence-corrected chi connectivity index (χ0v) is 12.1. The maximum atomic E-state index is 12.2. The molecule has 0 saturated carbocycles. The number of hydrogen-bond donors (Lipinski definition) is 0. The van der Waals surface area contributed by atoms with Gasteiger partial charge in [0.05, 0.1) is 0 Å². The number of carbonyl (C=O) groups excluding carboxylic acids is 2. The van der Waals surface area contributed by atoms with Gasteiger partial charge in [-0.15, -0.1) is 0 Å². The minimum atomic E-state index is -0.155. The summed E-state index contributed by atoms with van der Waals surface area (Å²) in [6.07, 6.45) is 4.75. The number of carbonyl (C=O) groups is 2. The smallest absolute Gasteiger partial charge is 0.182 e. The van der Waals surface area contributed by atoms with Crippen molar-refractivity contribution in [2.24, 2.45) is 5.11 Å². The molecule has 0 amide bonds. The lowest BCUT2D eigenvalue weighted by Crippen LogP contribution is -2.14. The molecule has 2 aliphatic rings. The molecule has 23 heavy (non-hydrogen) atoms. The van der Waals surface area contributed by atoms with Gasteiger partial charge in [-0.25, -0.2) is 0 Å². The molecule has 0 N–H and O–H groups in total. The van der Waals surface area contributed by atoms with Gasteiger partial charge >= 0.3 is 0 Å². The molecule has 0 saturated heterocycles. The van der Waals surface area contributed by atoms with E-state index in [9.17, 15) is 9.59 Å². The SMILES string of the molecule is [N-]=[N+]=Nc1ccc2c3c(cccc13)C(C1=CC(=O)C=CC1=O)C2. The Hall–Kier alpha value is -3.17. The number of hydrogen-bond acceptors (Lipinski definition) is 3. The van der Waals surface area contributed by atoms with E-state index in [0.717, 1.165) is 21.9 Å². The first-order chi connectivity index (χ1) is 11.2. The van der Waals surface area contributed by atoms with Crippen molar-refractivity contribution in [2.75, 3.05) is 0 Å². The van der Waals surface area contributed by atoms with Crippen LogP contribution in [-0.2, 0) is 16.0 Å². The number of nitrogens with zero attached hydrogens (tertiary/aromatic N) is 3. The molecule has 4 rings (SSSR count). The van der Waals surface area contributed by atoms with Crippen molar-refractivity contribution in [1.29, 1.82) is 0 Å². The first-order valence-electron chi connectivity index (χ1n) is 7.26. The quantitative estimate of drug-likeness (QED) is 0.363. The highest BCUT2D eigenvalue weighted by molar-refractivity contribution is 6.18. The second-order valence-corrected chi connectivity index (χ2v) is 5.66. The minimum absolute atomic E-state index is 0.116. The number of rotatable bonds is 2. The molecular weight excluding hydrogens is 290 g/mol. The van der Waals surface area contributed by atoms with Gasteiger partial charge in [-0.05, 0) is 52.1 Å². The van der Waals surface area contributed by atoms with Crippen molar-refractivity contribution in [2.45, 2.75) is 12.3 Å². The maximum absolute atomic E-state index is 12.2. The Morgan fingerprint density at radius 3 is 2.83 bits per heavy atom. The van der Waals surface area contributed by atoms with E-state index in [-0.39, 0.29) is 17.5 Å². The van der Waals surface area contributed by atoms with Crippen LogP contribution in [0.1, 0.15) is 17.0 Å². The maximum Gasteiger partial charge on any atom is 0.182 e. The molecule has 1 unspecified atom stereocenters. The summed E-state index contributed by atoms with van der Waals surface area (Å²) < 4.78 is 0. The molecule has 5 heteroatoms. The van der Waals surface area contributed by atoms with Gasteiger partial charge in [-0.1, -0.05) is 35.4 Å². The van der Waals surface area contributed by atoms with Crippen molar-refractivity contribution in [3.63, 3.8) is 0 Å². The van der Waals surface area contributed by atoms with Crippen molar-refractivity contribution < 1.29 is 9.59 Å². The van der Waals surface area contributed by atoms with Crippen molar-refractivity contribution in [3.05, 3.63) is 75.7 Å². The second kappa shape index (κ2) is 4.93. The average Bonchev–Trinajstić information content (AvgIpc) is 2.93. The summed E-state index contributed by atoms with van der Waals surface area (Å²) in [6, 6.07) is 9.51. The molecule has 0 aliphatic heterocycles. The van der Waals surface area contributed by atoms with Crippen LogP contribution < -0.4 is 0 Å². The van der Waals surface area contributed by atoms with Crippen molar-refractivity contribution in [1.82, 2.24) is 0 Å². The number of ketones is 2. The van der Waals surface area contributed by atoms with Crippen LogP contribution in [0.4, 0.5) is 5.69 Å². The Morgan fingerprint density at radius 1 is 1.13 bits per heavy atom. The van der Waals surface area contributed by atoms with Gasteiger partial charge in [0.1, 0.15) is 0 Å². The van der Waals surface area contributed by atoms with Crippen LogP contribution in [0.15, 0.2) is 59.2 Å². The lowest BCUT2D eigenvalue weighted by Gasteiger charge is -2.15. The zero-order chi connectivity index (χ0) is 16.0. The summed E-state index contributed by atoms with van der Waals surface area (Å²) in [5, 5.41) is 5.65. The van der Waals surface area contributed by atoms with E-state index in [2.05, 4.69) is 10.0 Å². The van der Waals surface area contributed by atoms with E-state index in [4.69, 9.17) is 5.53 Å². The Bertz CT molecular complexity index is 995. The average molecular weight is 301 g/mol. The van der Waals surface area contributed by atoms with E-state index in [1.165, 1.54) is 18.2 Å². The predicted octanol–water partition coefficient (Wildman–Crippen LogP) is 4.06. The van der Waals surface area contributed by atoms with E-state index in [0.29, 0.717) is 17.7 Å². The molecule has 0 bridgehead atoms. The largest absolute Gasteiger partial charge is 0.290 e.